The number of carbonyl (C=O) groups is 5. The Morgan fingerprint density at radius 1 is 0.936 bits per heavy atom. The molecule has 14 heteroatoms. The quantitative estimate of drug-likeness (QED) is 0.0461. The molecule has 5 unspecified atom stereocenters. The molecule has 0 fully saturated rings. The van der Waals surface area contributed by atoms with Crippen LogP contribution in [0, 0.1) is 11.3 Å². The second-order valence-corrected chi connectivity index (χ2v) is 12.9. The van der Waals surface area contributed by atoms with Gasteiger partial charge >= 0.3 is 12.0 Å². The first-order valence-corrected chi connectivity index (χ1v) is 15.8. The second kappa shape index (κ2) is 20.2. The zero-order valence-corrected chi connectivity index (χ0v) is 28.3. The summed E-state index contributed by atoms with van der Waals surface area (Å²) < 4.78 is 5.65. The molecule has 0 aromatic heterocycles. The predicted molar refractivity (Wildman–Crippen MR) is 176 cm³/mol. The number of hydrogen-bond acceptors (Lipinski definition) is 9. The van der Waals surface area contributed by atoms with Gasteiger partial charge in [-0.05, 0) is 62.5 Å². The lowest BCUT2D eigenvalue weighted by atomic mass is 9.87. The smallest absolute Gasteiger partial charge is 0.326 e. The summed E-state index contributed by atoms with van der Waals surface area (Å²) in [6.45, 7) is 11.2. The predicted octanol–water partition coefficient (Wildman–Crippen LogP) is 1.54. The van der Waals surface area contributed by atoms with Gasteiger partial charge in [0.15, 0.2) is 0 Å². The van der Waals surface area contributed by atoms with Crippen LogP contribution in [0.2, 0.25) is 0 Å². The molecule has 0 saturated heterocycles. The van der Waals surface area contributed by atoms with Gasteiger partial charge in [-0.2, -0.15) is 0 Å². The Labute approximate surface area is 276 Å². The van der Waals surface area contributed by atoms with Gasteiger partial charge in [-0.25, -0.2) is 14.4 Å². The molecule has 0 aliphatic heterocycles. The number of Topliss-reactive ketones (excluding diaryl/α,β-unsaturated/α-hetero) is 1. The van der Waals surface area contributed by atoms with Crippen LogP contribution in [0.15, 0.2) is 35.9 Å². The van der Waals surface area contributed by atoms with Gasteiger partial charge in [0.1, 0.15) is 24.3 Å². The third-order valence-electron chi connectivity index (χ3n) is 7.69. The van der Waals surface area contributed by atoms with Gasteiger partial charge in [-0.15, -0.1) is 0 Å². The number of aliphatic carboxylic acids is 1. The molecular weight excluding hydrogens is 608 g/mol. The van der Waals surface area contributed by atoms with E-state index < -0.39 is 59.9 Å². The number of benzene rings is 1. The fraction of sp³-hybridized carbons (Fsp3) is 0.606. The van der Waals surface area contributed by atoms with Crippen LogP contribution in [0.5, 0.6) is 0 Å². The molecule has 0 heterocycles. The van der Waals surface area contributed by atoms with Crippen molar-refractivity contribution >= 4 is 35.5 Å². The van der Waals surface area contributed by atoms with E-state index in [1.54, 1.807) is 26.7 Å². The molecular formula is C33H52N6O8. The molecule has 0 aliphatic rings. The van der Waals surface area contributed by atoms with Gasteiger partial charge in [-0.1, -0.05) is 65.0 Å². The minimum Gasteiger partial charge on any atom is -0.480 e. The number of nitrogens with two attached hydrogens (primary N) is 2. The normalized spacial score (nSPS) is 14.5. The summed E-state index contributed by atoms with van der Waals surface area (Å²) in [6.07, 6.45) is 0.101. The van der Waals surface area contributed by atoms with Crippen molar-refractivity contribution in [2.75, 3.05) is 6.54 Å². The molecule has 1 aromatic carbocycles. The maximum atomic E-state index is 13.7. The van der Waals surface area contributed by atoms with Crippen molar-refractivity contribution in [1.29, 1.82) is 0 Å². The molecule has 0 radical (unpaired) electrons. The number of hydrogen-bond donors (Lipinski definition) is 7. The maximum absolute atomic E-state index is 13.7. The average Bonchev–Trinajstić information content (AvgIpc) is 3.01. The van der Waals surface area contributed by atoms with E-state index in [0.29, 0.717) is 19.4 Å². The number of ether oxygens (including phenoxy) is 1. The standard InChI is InChI=1S/C33H52N6O8/c1-20(2)26(28(41)30(43)36-21(3)33(4,5)6)38-29(42)27(39-32(46)37-24(31(44)45)14-10-11-17-34)23(18-40)15-16-25(35)47-19-22-12-8-7-9-13-22/h7-9,12-13,20-21,24-27H,10-11,14-17,19,34-35H2,1-6H3,(H,36,43)(H,38,42)(H,44,45)(H2,37,39,46). The Balaban J connectivity index is 3.20. The van der Waals surface area contributed by atoms with E-state index in [2.05, 4.69) is 21.3 Å². The topological polar surface area (TPSA) is 232 Å². The van der Waals surface area contributed by atoms with Gasteiger partial charge in [0.05, 0.1) is 12.6 Å². The zero-order chi connectivity index (χ0) is 35.7. The van der Waals surface area contributed by atoms with Crippen LogP contribution in [0.4, 0.5) is 4.79 Å². The van der Waals surface area contributed by atoms with Gasteiger partial charge < -0.3 is 42.6 Å². The third kappa shape index (κ3) is 14.9. The van der Waals surface area contributed by atoms with E-state index in [9.17, 15) is 33.9 Å². The fourth-order valence-corrected chi connectivity index (χ4v) is 4.20. The average molecular weight is 661 g/mol. The molecule has 47 heavy (non-hydrogen) atoms. The minimum atomic E-state index is -1.68. The summed E-state index contributed by atoms with van der Waals surface area (Å²) in [5, 5.41) is 19.4. The summed E-state index contributed by atoms with van der Waals surface area (Å²) in [5.41, 5.74) is 11.9. The Bertz CT molecular complexity index is 1240. The molecule has 1 aromatic rings. The number of ketones is 1. The molecule has 5 atom stereocenters. The Morgan fingerprint density at radius 2 is 1.57 bits per heavy atom. The maximum Gasteiger partial charge on any atom is 0.326 e. The SMILES string of the molecule is CC(C)C(NC(=O)C(NC(=O)NC(CCCCN)C(=O)O)C(=C=O)CCC(N)OCc1ccccc1)C(=O)C(=O)NC(C)C(C)(C)C. The number of amides is 4. The first kappa shape index (κ1) is 40.9. The van der Waals surface area contributed by atoms with Crippen molar-refractivity contribution in [3.05, 3.63) is 41.5 Å². The van der Waals surface area contributed by atoms with E-state index in [1.165, 1.54) is 0 Å². The fourth-order valence-electron chi connectivity index (χ4n) is 4.20. The van der Waals surface area contributed by atoms with Crippen LogP contribution >= 0.6 is 0 Å². The lowest BCUT2D eigenvalue weighted by Gasteiger charge is -2.29. The number of rotatable bonds is 20. The molecule has 262 valence electrons. The highest BCUT2D eigenvalue weighted by atomic mass is 16.5. The van der Waals surface area contributed by atoms with Gasteiger partial charge in [0.2, 0.25) is 11.7 Å². The van der Waals surface area contributed by atoms with E-state index in [0.717, 1.165) is 5.56 Å². The molecule has 4 amide bonds. The van der Waals surface area contributed by atoms with Crippen molar-refractivity contribution in [3.8, 4) is 0 Å². The molecule has 0 aliphatic carbocycles. The van der Waals surface area contributed by atoms with Gasteiger partial charge in [0, 0.05) is 11.6 Å². The van der Waals surface area contributed by atoms with Gasteiger partial charge in [0.25, 0.3) is 5.91 Å². The lowest BCUT2D eigenvalue weighted by Crippen LogP contribution is -2.58. The summed E-state index contributed by atoms with van der Waals surface area (Å²) in [6, 6.07) is 3.53. The zero-order valence-electron chi connectivity index (χ0n) is 28.3. The van der Waals surface area contributed by atoms with E-state index >= 15 is 0 Å². The monoisotopic (exact) mass is 660 g/mol. The highest BCUT2D eigenvalue weighted by molar-refractivity contribution is 6.38. The minimum absolute atomic E-state index is 0.0565. The van der Waals surface area contributed by atoms with E-state index in [4.69, 9.17) is 16.2 Å². The number of nitrogens with one attached hydrogen (secondary N) is 4. The Hall–Kier alpha value is -4.10. The van der Waals surface area contributed by atoms with Crippen molar-refractivity contribution in [1.82, 2.24) is 21.3 Å². The van der Waals surface area contributed by atoms with Crippen LogP contribution in [0.25, 0.3) is 0 Å². The highest BCUT2D eigenvalue weighted by Gasteiger charge is 2.36. The summed E-state index contributed by atoms with van der Waals surface area (Å²) in [4.78, 5) is 76.6. The van der Waals surface area contributed by atoms with Gasteiger partial charge in [-0.3, -0.25) is 14.4 Å². The first-order chi connectivity index (χ1) is 22.0. The Kier molecular flexibility index (Phi) is 17.6. The van der Waals surface area contributed by atoms with E-state index in [-0.39, 0.29) is 42.9 Å². The van der Waals surface area contributed by atoms with Crippen LogP contribution < -0.4 is 32.7 Å². The second-order valence-electron chi connectivity index (χ2n) is 12.9. The lowest BCUT2D eigenvalue weighted by molar-refractivity contribution is -0.141. The summed E-state index contributed by atoms with van der Waals surface area (Å²) >= 11 is 0. The van der Waals surface area contributed by atoms with Crippen LogP contribution in [-0.2, 0) is 35.3 Å². The number of urea groups is 1. The van der Waals surface area contributed by atoms with Crippen LogP contribution in [-0.4, -0.2) is 77.6 Å². The summed E-state index contributed by atoms with van der Waals surface area (Å²) in [5.74, 6) is -2.95. The van der Waals surface area contributed by atoms with E-state index in [1.807, 2.05) is 51.1 Å². The van der Waals surface area contributed by atoms with Crippen LogP contribution in [0.1, 0.15) is 79.2 Å². The van der Waals surface area contributed by atoms with Crippen LogP contribution in [0.3, 0.4) is 0 Å². The molecule has 0 spiro atoms. The number of unbranched alkanes of at least 4 members (excludes halogenated alkanes) is 1. The largest absolute Gasteiger partial charge is 0.480 e. The molecule has 1 rings (SSSR count). The van der Waals surface area contributed by atoms with Crippen molar-refractivity contribution in [3.63, 3.8) is 0 Å². The highest BCUT2D eigenvalue weighted by Crippen LogP contribution is 2.19. The molecule has 14 nitrogen and oxygen atoms in total. The van der Waals surface area contributed by atoms with Crippen molar-refractivity contribution in [2.24, 2.45) is 22.8 Å². The molecule has 0 bridgehead atoms. The summed E-state index contributed by atoms with van der Waals surface area (Å²) in [7, 11) is 0. The number of carbonyl (C=O) groups excluding carboxylic acids is 5. The van der Waals surface area contributed by atoms with Crippen molar-refractivity contribution < 1.29 is 38.6 Å². The third-order valence-corrected chi connectivity index (χ3v) is 7.69. The first-order valence-electron chi connectivity index (χ1n) is 15.8. The molecule has 0 saturated carbocycles. The molecule has 9 N–H and O–H groups in total. The Morgan fingerprint density at radius 3 is 2.11 bits per heavy atom. The van der Waals surface area contributed by atoms with Crippen molar-refractivity contribution in [2.45, 2.75) is 111 Å². The number of carboxylic acids is 1. The number of carboxylic acid groups (broad SMARTS) is 1.